The molecule has 1 rings (SSSR count). The average molecular weight is 260 g/mol. The first-order valence-electron chi connectivity index (χ1n) is 5.53. The number of amides is 1. The molecule has 0 aliphatic rings. The second kappa shape index (κ2) is 5.74. The van der Waals surface area contributed by atoms with Crippen molar-refractivity contribution < 1.29 is 4.79 Å². The lowest BCUT2D eigenvalue weighted by atomic mass is 10.1. The summed E-state index contributed by atoms with van der Waals surface area (Å²) in [4.78, 5) is 12.1. The summed E-state index contributed by atoms with van der Waals surface area (Å²) in [6.07, 6.45) is 1.54. The highest BCUT2D eigenvalue weighted by Crippen LogP contribution is 2.34. The van der Waals surface area contributed by atoms with Crippen LogP contribution in [0.15, 0.2) is 34.7 Å². The van der Waals surface area contributed by atoms with Crippen LogP contribution in [0.2, 0.25) is 0 Å². The lowest BCUT2D eigenvalue weighted by Crippen LogP contribution is -2.12. The lowest BCUT2D eigenvalue weighted by molar-refractivity contribution is -0.114. The Bertz CT molecular complexity index is 521. The number of nitrogens with two attached hydrogens (primary N) is 1. The molecule has 0 spiro atoms. The van der Waals surface area contributed by atoms with E-state index >= 15 is 0 Å². The maximum absolute atomic E-state index is 11.1. The van der Waals surface area contributed by atoms with Crippen LogP contribution in [0.3, 0.4) is 0 Å². The molecule has 3 nitrogen and oxygen atoms in total. The quantitative estimate of drug-likeness (QED) is 0.516. The van der Waals surface area contributed by atoms with E-state index in [-0.39, 0.29) is 10.3 Å². The first-order chi connectivity index (χ1) is 8.33. The van der Waals surface area contributed by atoms with Crippen molar-refractivity contribution in [2.24, 2.45) is 5.73 Å². The number of carbonyl (C=O) groups excluding carboxylic acids is 1. The Kier molecular flexibility index (Phi) is 4.57. The molecule has 0 aromatic heterocycles. The zero-order valence-corrected chi connectivity index (χ0v) is 11.5. The van der Waals surface area contributed by atoms with E-state index in [1.165, 1.54) is 6.08 Å². The predicted molar refractivity (Wildman–Crippen MR) is 74.8 cm³/mol. The number of thioether (sulfide) groups is 1. The summed E-state index contributed by atoms with van der Waals surface area (Å²) < 4.78 is 0.0590. The van der Waals surface area contributed by atoms with E-state index in [4.69, 9.17) is 11.0 Å². The van der Waals surface area contributed by atoms with E-state index in [0.717, 1.165) is 10.5 Å². The van der Waals surface area contributed by atoms with Gasteiger partial charge in [-0.2, -0.15) is 5.26 Å². The molecular weight excluding hydrogens is 244 g/mol. The van der Waals surface area contributed by atoms with Crippen LogP contribution >= 0.6 is 11.8 Å². The third-order valence-electron chi connectivity index (χ3n) is 2.02. The minimum Gasteiger partial charge on any atom is -0.365 e. The van der Waals surface area contributed by atoms with E-state index in [2.05, 4.69) is 20.8 Å². The first-order valence-corrected chi connectivity index (χ1v) is 6.35. The molecule has 0 fully saturated rings. The minimum atomic E-state index is -0.701. The Morgan fingerprint density at radius 2 is 2.00 bits per heavy atom. The maximum atomic E-state index is 11.1. The fourth-order valence-electron chi connectivity index (χ4n) is 1.34. The summed E-state index contributed by atoms with van der Waals surface area (Å²) in [5.41, 5.74) is 5.95. The average Bonchev–Trinajstić information content (AvgIpc) is 2.25. The molecule has 18 heavy (non-hydrogen) atoms. The molecule has 1 aromatic carbocycles. The van der Waals surface area contributed by atoms with Gasteiger partial charge in [0.1, 0.15) is 11.6 Å². The van der Waals surface area contributed by atoms with Gasteiger partial charge in [-0.3, -0.25) is 4.79 Å². The van der Waals surface area contributed by atoms with Gasteiger partial charge in [0.15, 0.2) is 0 Å². The molecule has 0 saturated heterocycles. The van der Waals surface area contributed by atoms with Crippen molar-refractivity contribution in [3.63, 3.8) is 0 Å². The summed E-state index contributed by atoms with van der Waals surface area (Å²) in [7, 11) is 0. The second-order valence-corrected chi connectivity index (χ2v) is 6.66. The van der Waals surface area contributed by atoms with Crippen molar-refractivity contribution in [1.29, 1.82) is 5.26 Å². The van der Waals surface area contributed by atoms with E-state index < -0.39 is 5.91 Å². The van der Waals surface area contributed by atoms with Gasteiger partial charge in [0, 0.05) is 9.64 Å². The minimum absolute atomic E-state index is 0.0306. The number of nitriles is 1. The third kappa shape index (κ3) is 4.27. The molecular formula is C14H16N2OS. The van der Waals surface area contributed by atoms with E-state index in [9.17, 15) is 4.79 Å². The number of hydrogen-bond acceptors (Lipinski definition) is 3. The summed E-state index contributed by atoms with van der Waals surface area (Å²) in [5.74, 6) is -0.701. The Morgan fingerprint density at radius 1 is 1.39 bits per heavy atom. The van der Waals surface area contributed by atoms with Crippen molar-refractivity contribution in [3.05, 3.63) is 35.4 Å². The van der Waals surface area contributed by atoms with Gasteiger partial charge < -0.3 is 5.73 Å². The highest BCUT2D eigenvalue weighted by Gasteiger charge is 2.14. The summed E-state index contributed by atoms with van der Waals surface area (Å²) in [5, 5.41) is 8.86. The predicted octanol–water partition coefficient (Wildman–Crippen LogP) is 2.97. The van der Waals surface area contributed by atoms with Gasteiger partial charge in [-0.15, -0.1) is 11.8 Å². The number of nitrogens with zero attached hydrogens (tertiary/aromatic N) is 1. The van der Waals surface area contributed by atoms with Crippen LogP contribution in [0.5, 0.6) is 0 Å². The van der Waals surface area contributed by atoms with Crippen molar-refractivity contribution in [3.8, 4) is 6.07 Å². The fraction of sp³-hybridized carbons (Fsp3) is 0.286. The van der Waals surface area contributed by atoms with Crippen LogP contribution in [-0.4, -0.2) is 10.7 Å². The van der Waals surface area contributed by atoms with Gasteiger partial charge in [-0.1, -0.05) is 39.0 Å². The van der Waals surface area contributed by atoms with Gasteiger partial charge in [0.2, 0.25) is 0 Å². The highest BCUT2D eigenvalue weighted by atomic mass is 32.2. The molecule has 1 amide bonds. The molecule has 4 heteroatoms. The van der Waals surface area contributed by atoms with Gasteiger partial charge in [0.25, 0.3) is 5.91 Å². The van der Waals surface area contributed by atoms with Crippen LogP contribution in [0.25, 0.3) is 6.08 Å². The molecule has 2 N–H and O–H groups in total. The molecule has 0 unspecified atom stereocenters. The van der Waals surface area contributed by atoms with E-state index in [0.29, 0.717) is 0 Å². The Hall–Kier alpha value is -1.73. The number of hydrogen-bond donors (Lipinski definition) is 1. The molecule has 0 bridgehead atoms. The van der Waals surface area contributed by atoms with E-state index in [1.807, 2.05) is 30.3 Å². The van der Waals surface area contributed by atoms with Crippen LogP contribution in [0, 0.1) is 11.3 Å². The molecule has 0 atom stereocenters. The normalized spacial score (nSPS) is 12.0. The van der Waals surface area contributed by atoms with Crippen molar-refractivity contribution in [1.82, 2.24) is 0 Å². The summed E-state index contributed by atoms with van der Waals surface area (Å²) >= 11 is 1.69. The topological polar surface area (TPSA) is 66.9 Å². The Balaban J connectivity index is 3.18. The van der Waals surface area contributed by atoms with E-state index in [1.54, 1.807) is 11.8 Å². The number of carbonyl (C=O) groups is 1. The molecule has 94 valence electrons. The standard InChI is InChI=1S/C14H16N2OS/c1-14(2,3)18-12-7-5-4-6-10(12)8-11(9-15)13(16)17/h4-8H,1-3H3,(H2,16,17)/b11-8+. The van der Waals surface area contributed by atoms with Crippen LogP contribution in [-0.2, 0) is 4.79 Å². The molecule has 0 radical (unpaired) electrons. The lowest BCUT2D eigenvalue weighted by Gasteiger charge is -2.19. The second-order valence-electron chi connectivity index (χ2n) is 4.79. The third-order valence-corrected chi connectivity index (χ3v) is 3.22. The van der Waals surface area contributed by atoms with Crippen LogP contribution < -0.4 is 5.73 Å². The summed E-state index contributed by atoms with van der Waals surface area (Å²) in [6.45, 7) is 6.33. The monoisotopic (exact) mass is 260 g/mol. The van der Waals surface area contributed by atoms with Crippen LogP contribution in [0.1, 0.15) is 26.3 Å². The SMILES string of the molecule is CC(C)(C)Sc1ccccc1/C=C(\C#N)C(N)=O. The summed E-state index contributed by atoms with van der Waals surface area (Å²) in [6, 6.07) is 9.46. The Labute approximate surface area is 112 Å². The molecule has 0 aliphatic carbocycles. The first kappa shape index (κ1) is 14.3. The number of primary amides is 1. The number of rotatable bonds is 3. The molecule has 0 heterocycles. The van der Waals surface area contributed by atoms with Gasteiger partial charge in [-0.05, 0) is 17.7 Å². The van der Waals surface area contributed by atoms with Gasteiger partial charge in [-0.25, -0.2) is 0 Å². The largest absolute Gasteiger partial charge is 0.365 e. The molecule has 0 aliphatic heterocycles. The Morgan fingerprint density at radius 3 is 2.50 bits per heavy atom. The zero-order valence-electron chi connectivity index (χ0n) is 10.7. The highest BCUT2D eigenvalue weighted by molar-refractivity contribution is 8.00. The smallest absolute Gasteiger partial charge is 0.259 e. The number of benzene rings is 1. The molecule has 1 aromatic rings. The van der Waals surface area contributed by atoms with Gasteiger partial charge in [0.05, 0.1) is 0 Å². The van der Waals surface area contributed by atoms with Gasteiger partial charge >= 0.3 is 0 Å². The molecule has 0 saturated carbocycles. The van der Waals surface area contributed by atoms with Crippen molar-refractivity contribution in [2.45, 2.75) is 30.4 Å². The van der Waals surface area contributed by atoms with Crippen molar-refractivity contribution >= 4 is 23.7 Å². The maximum Gasteiger partial charge on any atom is 0.259 e. The van der Waals surface area contributed by atoms with Crippen LogP contribution in [0.4, 0.5) is 0 Å². The fourth-order valence-corrected chi connectivity index (χ4v) is 2.39. The zero-order chi connectivity index (χ0) is 13.8. The van der Waals surface area contributed by atoms with Crippen molar-refractivity contribution in [2.75, 3.05) is 0 Å².